The van der Waals surface area contributed by atoms with Crippen molar-refractivity contribution in [2.24, 2.45) is 17.3 Å². The van der Waals surface area contributed by atoms with Crippen molar-refractivity contribution < 1.29 is 19.6 Å². The van der Waals surface area contributed by atoms with Crippen LogP contribution >= 0.6 is 0 Å². The fraction of sp³-hybridized carbons (Fsp3) is 0.833. The summed E-state index contributed by atoms with van der Waals surface area (Å²) >= 11 is 0. The summed E-state index contributed by atoms with van der Waals surface area (Å²) in [4.78, 5) is 36.7. The second kappa shape index (κ2) is 10.4. The number of carbonyl (C=O) groups excluding carboxylic acids is 3. The van der Waals surface area contributed by atoms with Crippen LogP contribution in [0.1, 0.15) is 67.2 Å². The van der Waals surface area contributed by atoms with Gasteiger partial charge in [0.05, 0.1) is 0 Å². The molecule has 0 rings (SSSR count). The number of likely N-dealkylation sites (N-methyl/N-ethyl adjacent to an activating group) is 1. The molecule has 25 heavy (non-hydrogen) atoms. The van der Waals surface area contributed by atoms with Crippen molar-refractivity contribution in [3.8, 4) is 0 Å². The Morgan fingerprint density at radius 2 is 1.64 bits per heavy atom. The first-order chi connectivity index (χ1) is 11.4. The summed E-state index contributed by atoms with van der Waals surface area (Å²) in [5.74, 6) is -0.973. The normalized spacial score (nSPS) is 14.0. The molecule has 0 aromatic heterocycles. The second-order valence-electron chi connectivity index (χ2n) is 7.97. The standard InChI is InChI=1S/C18H35N3O4/c1-8-9-13(11-10-12(2)3)16(23)21(25)17(24)20-14(15(22)19-7)18(4,5)6/h12-14,25H,8-11H2,1-7H3,(H,19,22)(H,20,24)/t13-,14+/m0/s1. The van der Waals surface area contributed by atoms with Gasteiger partial charge in [-0.2, -0.15) is 0 Å². The molecule has 7 heteroatoms. The number of urea groups is 1. The predicted octanol–water partition coefficient (Wildman–Crippen LogP) is 2.93. The second-order valence-corrected chi connectivity index (χ2v) is 7.97. The van der Waals surface area contributed by atoms with Crippen molar-refractivity contribution in [1.82, 2.24) is 15.7 Å². The van der Waals surface area contributed by atoms with Gasteiger partial charge in [0.1, 0.15) is 6.04 Å². The van der Waals surface area contributed by atoms with E-state index in [9.17, 15) is 19.6 Å². The summed E-state index contributed by atoms with van der Waals surface area (Å²) in [6.45, 7) is 11.5. The molecule has 0 aliphatic heterocycles. The minimum Gasteiger partial charge on any atom is -0.357 e. The molecule has 4 amide bonds. The lowest BCUT2D eigenvalue weighted by Gasteiger charge is -2.31. The molecule has 7 nitrogen and oxygen atoms in total. The largest absolute Gasteiger partial charge is 0.357 e. The molecule has 0 saturated heterocycles. The minimum absolute atomic E-state index is 0.127. The van der Waals surface area contributed by atoms with E-state index in [1.807, 2.05) is 6.92 Å². The fourth-order valence-electron chi connectivity index (χ4n) is 2.55. The zero-order chi connectivity index (χ0) is 19.8. The Bertz CT molecular complexity index is 458. The lowest BCUT2D eigenvalue weighted by atomic mass is 9.86. The lowest BCUT2D eigenvalue weighted by molar-refractivity contribution is -0.158. The molecule has 2 atom stereocenters. The number of hydrogen-bond donors (Lipinski definition) is 3. The molecule has 146 valence electrons. The van der Waals surface area contributed by atoms with Gasteiger partial charge in [-0.3, -0.25) is 14.8 Å². The zero-order valence-corrected chi connectivity index (χ0v) is 16.7. The van der Waals surface area contributed by atoms with Crippen molar-refractivity contribution in [2.45, 2.75) is 73.3 Å². The van der Waals surface area contributed by atoms with Crippen LogP contribution in [0.4, 0.5) is 4.79 Å². The number of hydroxylamine groups is 2. The minimum atomic E-state index is -0.973. The highest BCUT2D eigenvalue weighted by Gasteiger charge is 2.35. The van der Waals surface area contributed by atoms with Crippen LogP contribution in [-0.2, 0) is 9.59 Å². The summed E-state index contributed by atoms with van der Waals surface area (Å²) in [7, 11) is 1.47. The SMILES string of the molecule is CCC[C@@H](CCC(C)C)C(=O)N(O)C(=O)N[C@H](C(=O)NC)C(C)(C)C. The van der Waals surface area contributed by atoms with Gasteiger partial charge < -0.3 is 10.6 Å². The molecule has 0 fully saturated rings. The zero-order valence-electron chi connectivity index (χ0n) is 16.7. The van der Waals surface area contributed by atoms with E-state index in [0.717, 1.165) is 12.8 Å². The van der Waals surface area contributed by atoms with Gasteiger partial charge in [-0.1, -0.05) is 54.4 Å². The van der Waals surface area contributed by atoms with E-state index in [0.29, 0.717) is 18.8 Å². The van der Waals surface area contributed by atoms with Gasteiger partial charge in [-0.05, 0) is 24.2 Å². The van der Waals surface area contributed by atoms with Crippen LogP contribution in [0.3, 0.4) is 0 Å². The molecule has 0 aromatic carbocycles. The van der Waals surface area contributed by atoms with Crippen molar-refractivity contribution in [2.75, 3.05) is 7.05 Å². The Morgan fingerprint density at radius 3 is 2.04 bits per heavy atom. The number of nitrogens with zero attached hydrogens (tertiary/aromatic N) is 1. The topological polar surface area (TPSA) is 98.7 Å². The molecular weight excluding hydrogens is 322 g/mol. The van der Waals surface area contributed by atoms with Gasteiger partial charge in [0.25, 0.3) is 5.91 Å². The molecular formula is C18H35N3O4. The van der Waals surface area contributed by atoms with E-state index in [1.165, 1.54) is 7.05 Å². The maximum atomic E-state index is 12.5. The third-order valence-electron chi connectivity index (χ3n) is 4.12. The highest BCUT2D eigenvalue weighted by molar-refractivity contribution is 5.96. The lowest BCUT2D eigenvalue weighted by Crippen LogP contribution is -2.56. The van der Waals surface area contributed by atoms with Crippen molar-refractivity contribution in [3.05, 3.63) is 0 Å². The van der Waals surface area contributed by atoms with E-state index >= 15 is 0 Å². The van der Waals surface area contributed by atoms with Gasteiger partial charge in [0.2, 0.25) is 5.91 Å². The van der Waals surface area contributed by atoms with E-state index in [-0.39, 0.29) is 11.0 Å². The number of carbonyl (C=O) groups is 3. The average molecular weight is 357 g/mol. The summed E-state index contributed by atoms with van der Waals surface area (Å²) in [6.07, 6.45) is 2.85. The molecule has 0 heterocycles. The third-order valence-corrected chi connectivity index (χ3v) is 4.12. The Hall–Kier alpha value is -1.63. The highest BCUT2D eigenvalue weighted by atomic mass is 16.5. The number of nitrogens with one attached hydrogen (secondary N) is 2. The van der Waals surface area contributed by atoms with Gasteiger partial charge >= 0.3 is 6.03 Å². The van der Waals surface area contributed by atoms with E-state index in [2.05, 4.69) is 24.5 Å². The molecule has 0 aromatic rings. The first-order valence-electron chi connectivity index (χ1n) is 9.00. The average Bonchev–Trinajstić information content (AvgIpc) is 2.52. The van der Waals surface area contributed by atoms with Crippen LogP contribution in [0.5, 0.6) is 0 Å². The van der Waals surface area contributed by atoms with Gasteiger partial charge in [-0.15, -0.1) is 5.06 Å². The molecule has 0 radical (unpaired) electrons. The number of imide groups is 1. The Morgan fingerprint density at radius 1 is 1.08 bits per heavy atom. The van der Waals surface area contributed by atoms with Gasteiger partial charge in [0, 0.05) is 13.0 Å². The van der Waals surface area contributed by atoms with Crippen molar-refractivity contribution in [1.29, 1.82) is 0 Å². The van der Waals surface area contributed by atoms with Crippen LogP contribution < -0.4 is 10.6 Å². The number of amides is 4. The quantitative estimate of drug-likeness (QED) is 0.459. The number of rotatable bonds is 8. The number of hydrogen-bond acceptors (Lipinski definition) is 4. The monoisotopic (exact) mass is 357 g/mol. The van der Waals surface area contributed by atoms with Crippen LogP contribution in [0.25, 0.3) is 0 Å². The molecule has 0 spiro atoms. The van der Waals surface area contributed by atoms with Crippen LogP contribution in [0.2, 0.25) is 0 Å². The predicted molar refractivity (Wildman–Crippen MR) is 96.9 cm³/mol. The Balaban J connectivity index is 5.08. The third kappa shape index (κ3) is 7.86. The maximum Gasteiger partial charge on any atom is 0.349 e. The molecule has 0 unspecified atom stereocenters. The molecule has 3 N–H and O–H groups in total. The molecule has 0 aliphatic carbocycles. The Kier molecular flexibility index (Phi) is 9.70. The smallest absolute Gasteiger partial charge is 0.349 e. The van der Waals surface area contributed by atoms with Gasteiger partial charge in [0.15, 0.2) is 0 Å². The molecule has 0 aliphatic rings. The van der Waals surface area contributed by atoms with Crippen molar-refractivity contribution >= 4 is 17.8 Å². The Labute approximate surface area is 151 Å². The van der Waals surface area contributed by atoms with E-state index in [4.69, 9.17) is 0 Å². The summed E-state index contributed by atoms with van der Waals surface area (Å²) in [6, 6.07) is -1.84. The van der Waals surface area contributed by atoms with Gasteiger partial charge in [-0.25, -0.2) is 4.79 Å². The summed E-state index contributed by atoms with van der Waals surface area (Å²) in [5.41, 5.74) is -0.569. The fourth-order valence-corrected chi connectivity index (χ4v) is 2.55. The first-order valence-corrected chi connectivity index (χ1v) is 9.00. The van der Waals surface area contributed by atoms with E-state index < -0.39 is 29.3 Å². The summed E-state index contributed by atoms with van der Waals surface area (Å²) in [5, 5.41) is 15.1. The van der Waals surface area contributed by atoms with E-state index in [1.54, 1.807) is 20.8 Å². The van der Waals surface area contributed by atoms with Crippen LogP contribution in [-0.4, -0.2) is 41.2 Å². The highest BCUT2D eigenvalue weighted by Crippen LogP contribution is 2.21. The molecule has 0 bridgehead atoms. The summed E-state index contributed by atoms with van der Waals surface area (Å²) < 4.78 is 0. The first kappa shape index (κ1) is 23.4. The van der Waals surface area contributed by atoms with Crippen LogP contribution in [0, 0.1) is 17.3 Å². The van der Waals surface area contributed by atoms with Crippen molar-refractivity contribution in [3.63, 3.8) is 0 Å². The molecule has 0 saturated carbocycles. The maximum absolute atomic E-state index is 12.5. The van der Waals surface area contributed by atoms with Crippen LogP contribution in [0.15, 0.2) is 0 Å².